The molecule has 0 N–H and O–H groups in total. The Hall–Kier alpha value is -3.02. The molecule has 0 bridgehead atoms. The first-order valence-electron chi connectivity index (χ1n) is 11.4. The van der Waals surface area contributed by atoms with Crippen molar-refractivity contribution in [2.24, 2.45) is 0 Å². The molecule has 0 spiro atoms. The summed E-state index contributed by atoms with van der Waals surface area (Å²) in [6, 6.07) is 10.0. The van der Waals surface area contributed by atoms with E-state index < -0.39 is 6.97 Å². The zero-order valence-electron chi connectivity index (χ0n) is 19.6. The summed E-state index contributed by atoms with van der Waals surface area (Å²) in [4.78, 5) is 4.79. The molecule has 2 aromatic heterocycles. The lowest BCUT2D eigenvalue weighted by molar-refractivity contribution is -0.363. The Labute approximate surface area is 187 Å². The van der Waals surface area contributed by atoms with Crippen LogP contribution in [-0.2, 0) is 6.42 Å². The van der Waals surface area contributed by atoms with Crippen molar-refractivity contribution in [2.75, 3.05) is 0 Å². The Morgan fingerprint density at radius 1 is 1.00 bits per heavy atom. The quantitative estimate of drug-likeness (QED) is 0.438. The highest BCUT2D eigenvalue weighted by Gasteiger charge is 2.57. The van der Waals surface area contributed by atoms with Gasteiger partial charge < -0.3 is 17.6 Å². The lowest BCUT2D eigenvalue weighted by Gasteiger charge is -2.34. The first-order chi connectivity index (χ1) is 15.3. The van der Waals surface area contributed by atoms with E-state index in [1.54, 1.807) is 6.20 Å². The van der Waals surface area contributed by atoms with Gasteiger partial charge in [0.25, 0.3) is 0 Å². The molecule has 3 nitrogen and oxygen atoms in total. The van der Waals surface area contributed by atoms with Gasteiger partial charge in [0.05, 0.1) is 11.3 Å². The van der Waals surface area contributed by atoms with Crippen LogP contribution >= 0.6 is 0 Å². The highest BCUT2D eigenvalue weighted by Crippen LogP contribution is 2.47. The fourth-order valence-corrected chi connectivity index (χ4v) is 6.02. The van der Waals surface area contributed by atoms with E-state index in [0.717, 1.165) is 44.3 Å². The Balaban J connectivity index is 2.03. The van der Waals surface area contributed by atoms with E-state index in [9.17, 15) is 0 Å². The zero-order chi connectivity index (χ0) is 22.9. The molecule has 6 heteroatoms. The molecule has 164 valence electrons. The van der Waals surface area contributed by atoms with Gasteiger partial charge in [-0.3, -0.25) is 4.98 Å². The third-order valence-electron chi connectivity index (χ3n) is 7.41. The van der Waals surface area contributed by atoms with E-state index in [1.807, 2.05) is 71.9 Å². The second kappa shape index (κ2) is 6.99. The van der Waals surface area contributed by atoms with Crippen LogP contribution in [0.25, 0.3) is 16.3 Å². The third kappa shape index (κ3) is 2.46. The summed E-state index contributed by atoms with van der Waals surface area (Å²) >= 11 is 0. The highest BCUT2D eigenvalue weighted by molar-refractivity contribution is 6.58. The minimum absolute atomic E-state index is 0.615. The number of allylic oxidation sites excluding steroid dienone is 2. The molecule has 3 aromatic rings. The number of benzene rings is 1. The molecule has 32 heavy (non-hydrogen) atoms. The maximum atomic E-state index is 16.3. The van der Waals surface area contributed by atoms with Gasteiger partial charge in [0.15, 0.2) is 5.70 Å². The van der Waals surface area contributed by atoms with Crippen LogP contribution in [0.15, 0.2) is 53.4 Å². The van der Waals surface area contributed by atoms with Gasteiger partial charge in [-0.05, 0) is 61.9 Å². The summed E-state index contributed by atoms with van der Waals surface area (Å²) in [5, 5.41) is 2.03. The van der Waals surface area contributed by atoms with Gasteiger partial charge in [-0.15, -0.1) is 0 Å². The molecule has 0 unspecified atom stereocenters. The number of rotatable bonds is 3. The van der Waals surface area contributed by atoms with Crippen molar-refractivity contribution in [2.45, 2.75) is 54.4 Å². The van der Waals surface area contributed by atoms with Crippen LogP contribution < -0.4 is 0 Å². The Morgan fingerprint density at radius 3 is 2.41 bits per heavy atom. The minimum Gasteiger partial charge on any atom is -0.393 e. The molecular weight excluding hydrogens is 403 g/mol. The Morgan fingerprint density at radius 2 is 1.72 bits per heavy atom. The van der Waals surface area contributed by atoms with E-state index in [1.165, 1.54) is 8.96 Å². The maximum Gasteiger partial charge on any atom is 0.737 e. The summed E-state index contributed by atoms with van der Waals surface area (Å²) in [6.07, 6.45) is 3.22. The second-order valence-corrected chi connectivity index (χ2v) is 8.87. The molecule has 2 aliphatic rings. The summed E-state index contributed by atoms with van der Waals surface area (Å²) in [6.45, 7) is 7.68. The van der Waals surface area contributed by atoms with E-state index in [-0.39, 0.29) is 0 Å². The van der Waals surface area contributed by atoms with E-state index in [0.29, 0.717) is 35.6 Å². The molecule has 4 heterocycles. The lowest BCUT2D eigenvalue weighted by atomic mass is 9.84. The number of aromatic nitrogens is 2. The fraction of sp³-hybridized carbons (Fsp3) is 0.308. The minimum atomic E-state index is -4.02. The average molecular weight is 431 g/mol. The van der Waals surface area contributed by atoms with Gasteiger partial charge in [-0.25, -0.2) is 0 Å². The summed E-state index contributed by atoms with van der Waals surface area (Å²) in [5.74, 6) is 0. The number of pyridine rings is 1. The smallest absolute Gasteiger partial charge is 0.393 e. The van der Waals surface area contributed by atoms with Crippen LogP contribution in [-0.4, -0.2) is 26.6 Å². The van der Waals surface area contributed by atoms with Gasteiger partial charge in [0.1, 0.15) is 5.71 Å². The predicted octanol–water partition coefficient (Wildman–Crippen LogP) is 6.42. The van der Waals surface area contributed by atoms with Crippen molar-refractivity contribution in [3.8, 4) is 0 Å². The van der Waals surface area contributed by atoms with Gasteiger partial charge in [-0.1, -0.05) is 38.1 Å². The van der Waals surface area contributed by atoms with Crippen molar-refractivity contribution >= 4 is 29.0 Å². The molecule has 2 aliphatic heterocycles. The number of halogens is 2. The van der Waals surface area contributed by atoms with Crippen LogP contribution in [0.1, 0.15) is 62.3 Å². The summed E-state index contributed by atoms with van der Waals surface area (Å²) in [7, 11) is 0. The number of hydrogen-bond donors (Lipinski definition) is 0. The van der Waals surface area contributed by atoms with Gasteiger partial charge >= 0.3 is 6.97 Å². The van der Waals surface area contributed by atoms with Crippen molar-refractivity contribution in [3.63, 3.8) is 0 Å². The Kier molecular flexibility index (Phi) is 4.56. The van der Waals surface area contributed by atoms with Crippen LogP contribution in [0.5, 0.6) is 0 Å². The SMILES string of the molecule is CCC1=C(C)C2=C(c3nccc4ccccc34)c3c(C)c(CC)c(C)n3[B-](F)(F)[N+]2=C1C. The molecular formula is C26H28BF2N3. The van der Waals surface area contributed by atoms with Crippen LogP contribution in [0, 0.1) is 13.8 Å². The molecule has 0 fully saturated rings. The predicted molar refractivity (Wildman–Crippen MR) is 128 cm³/mol. The largest absolute Gasteiger partial charge is 0.737 e. The van der Waals surface area contributed by atoms with E-state index in [2.05, 4.69) is 0 Å². The lowest BCUT2D eigenvalue weighted by Crippen LogP contribution is -2.51. The van der Waals surface area contributed by atoms with Gasteiger partial charge in [0.2, 0.25) is 0 Å². The molecule has 0 atom stereocenters. The first-order valence-corrected chi connectivity index (χ1v) is 11.4. The fourth-order valence-electron chi connectivity index (χ4n) is 6.02. The molecule has 0 saturated heterocycles. The zero-order valence-corrected chi connectivity index (χ0v) is 19.6. The van der Waals surface area contributed by atoms with Crippen molar-refractivity contribution in [1.29, 1.82) is 0 Å². The van der Waals surface area contributed by atoms with E-state index >= 15 is 8.63 Å². The molecule has 0 aliphatic carbocycles. The van der Waals surface area contributed by atoms with Crippen molar-refractivity contribution < 1.29 is 13.1 Å². The number of fused-ring (bicyclic) bond motifs is 3. The maximum absolute atomic E-state index is 16.3. The standard InChI is InChI=1S/C26H28BF2N3/c1-7-20-15(3)25-23(24-22-12-10-9-11-19(22)13-14-30-24)26-16(4)21(8-2)18(6)32(26)27(28,29)31(25)17(20)5/h9-14H,7-8H2,1-6H3. The number of hydrogen-bond acceptors (Lipinski definition) is 1. The molecule has 0 radical (unpaired) electrons. The topological polar surface area (TPSA) is 20.8 Å². The molecule has 1 aromatic carbocycles. The normalized spacial score (nSPS) is 17.5. The third-order valence-corrected chi connectivity index (χ3v) is 7.41. The summed E-state index contributed by atoms with van der Waals surface area (Å²) < 4.78 is 35.3. The van der Waals surface area contributed by atoms with Gasteiger partial charge in [0, 0.05) is 35.3 Å². The van der Waals surface area contributed by atoms with Crippen molar-refractivity contribution in [1.82, 2.24) is 9.46 Å². The Bertz CT molecular complexity index is 1400. The molecule has 0 saturated carbocycles. The van der Waals surface area contributed by atoms with E-state index in [4.69, 9.17) is 4.98 Å². The average Bonchev–Trinajstić information content (AvgIpc) is 3.18. The van der Waals surface area contributed by atoms with Crippen LogP contribution in [0.3, 0.4) is 0 Å². The monoisotopic (exact) mass is 431 g/mol. The van der Waals surface area contributed by atoms with Crippen LogP contribution in [0.4, 0.5) is 8.63 Å². The first kappa shape index (κ1) is 20.9. The highest BCUT2D eigenvalue weighted by atomic mass is 19.2. The van der Waals surface area contributed by atoms with Gasteiger partial charge in [-0.2, -0.15) is 0 Å². The number of nitrogens with zero attached hydrogens (tertiary/aromatic N) is 3. The summed E-state index contributed by atoms with van der Waals surface area (Å²) in [5.41, 5.74) is 7.96. The van der Waals surface area contributed by atoms with Crippen LogP contribution in [0.2, 0.25) is 0 Å². The van der Waals surface area contributed by atoms with Crippen molar-refractivity contribution in [3.05, 3.63) is 81.6 Å². The molecule has 5 rings (SSSR count). The second-order valence-electron chi connectivity index (χ2n) is 8.87. The molecule has 0 amide bonds.